The van der Waals surface area contributed by atoms with Crippen LogP contribution in [-0.4, -0.2) is 35.1 Å². The van der Waals surface area contributed by atoms with Crippen LogP contribution >= 0.6 is 11.3 Å². The van der Waals surface area contributed by atoms with Crippen LogP contribution in [0.25, 0.3) is 0 Å². The van der Waals surface area contributed by atoms with E-state index in [4.69, 9.17) is 10.5 Å². The maximum atomic E-state index is 12.9. The van der Waals surface area contributed by atoms with E-state index in [1.165, 1.54) is 11.3 Å². The Bertz CT molecular complexity index is 804. The Balaban J connectivity index is 1.61. The van der Waals surface area contributed by atoms with Crippen molar-refractivity contribution >= 4 is 34.1 Å². The van der Waals surface area contributed by atoms with E-state index in [1.54, 1.807) is 0 Å². The number of nitrogens with one attached hydrogen (secondary N) is 1. The zero-order chi connectivity index (χ0) is 19.3. The van der Waals surface area contributed by atoms with Gasteiger partial charge in [-0.05, 0) is 43.6 Å². The Morgan fingerprint density at radius 3 is 2.56 bits per heavy atom. The molecule has 0 aromatic carbocycles. The number of nitrogens with two attached hydrogens (primary N) is 1. The van der Waals surface area contributed by atoms with E-state index in [-0.39, 0.29) is 12.0 Å². The third kappa shape index (κ3) is 3.04. The maximum Gasteiger partial charge on any atom is 0.310 e. The van der Waals surface area contributed by atoms with Crippen molar-refractivity contribution in [1.82, 2.24) is 0 Å². The lowest BCUT2D eigenvalue weighted by molar-refractivity contribution is -0.147. The fourth-order valence-corrected chi connectivity index (χ4v) is 6.24. The van der Waals surface area contributed by atoms with E-state index in [0.29, 0.717) is 29.3 Å². The quantitative estimate of drug-likeness (QED) is 0.710. The molecule has 27 heavy (non-hydrogen) atoms. The summed E-state index contributed by atoms with van der Waals surface area (Å²) in [6, 6.07) is 0. The van der Waals surface area contributed by atoms with E-state index < -0.39 is 29.8 Å². The monoisotopic (exact) mass is 392 g/mol. The summed E-state index contributed by atoms with van der Waals surface area (Å²) in [7, 11) is 0. The Morgan fingerprint density at radius 2 is 1.93 bits per heavy atom. The van der Waals surface area contributed by atoms with Gasteiger partial charge >= 0.3 is 5.97 Å². The number of carbonyl (C=O) groups excluding carboxylic acids is 2. The van der Waals surface area contributed by atoms with Gasteiger partial charge in [-0.2, -0.15) is 0 Å². The number of hydrogen-bond donors (Lipinski definition) is 3. The van der Waals surface area contributed by atoms with Crippen LogP contribution in [-0.2, 0) is 27.2 Å². The number of fused-ring (bicyclic) bond motifs is 3. The summed E-state index contributed by atoms with van der Waals surface area (Å²) >= 11 is 1.41. The maximum absolute atomic E-state index is 12.9. The van der Waals surface area contributed by atoms with Crippen molar-refractivity contribution in [3.63, 3.8) is 0 Å². The van der Waals surface area contributed by atoms with Crippen molar-refractivity contribution in [3.05, 3.63) is 16.0 Å². The first-order valence-corrected chi connectivity index (χ1v) is 10.4. The molecule has 1 aromatic rings. The summed E-state index contributed by atoms with van der Waals surface area (Å²) in [5.41, 5.74) is 6.96. The summed E-state index contributed by atoms with van der Waals surface area (Å²) in [4.78, 5) is 37.7. The van der Waals surface area contributed by atoms with E-state index in [1.807, 2.05) is 0 Å². The fourth-order valence-electron chi connectivity index (χ4n) is 4.87. The Morgan fingerprint density at radius 1 is 1.22 bits per heavy atom. The van der Waals surface area contributed by atoms with Crippen LogP contribution in [0.3, 0.4) is 0 Å². The van der Waals surface area contributed by atoms with Crippen LogP contribution in [0.4, 0.5) is 5.00 Å². The topological polar surface area (TPSA) is 119 Å². The van der Waals surface area contributed by atoms with Gasteiger partial charge in [0.1, 0.15) is 5.00 Å². The molecule has 2 amide bonds. The lowest BCUT2D eigenvalue weighted by atomic mass is 9.78. The first-order valence-electron chi connectivity index (χ1n) is 9.54. The number of thiophene rings is 1. The summed E-state index contributed by atoms with van der Waals surface area (Å²) in [5, 5.41) is 12.8. The van der Waals surface area contributed by atoms with Gasteiger partial charge in [-0.3, -0.25) is 14.4 Å². The minimum atomic E-state index is -1.01. The molecule has 1 aliphatic carbocycles. The Labute approximate surface area is 161 Å². The van der Waals surface area contributed by atoms with E-state index in [9.17, 15) is 19.5 Å². The van der Waals surface area contributed by atoms with Crippen LogP contribution in [0.5, 0.6) is 0 Å². The van der Waals surface area contributed by atoms with Gasteiger partial charge in [-0.15, -0.1) is 11.3 Å². The van der Waals surface area contributed by atoms with Gasteiger partial charge in [0, 0.05) is 4.88 Å². The predicted molar refractivity (Wildman–Crippen MR) is 99.8 cm³/mol. The zero-order valence-electron chi connectivity index (χ0n) is 15.2. The van der Waals surface area contributed by atoms with Gasteiger partial charge in [0.25, 0.3) is 5.91 Å². The third-order valence-corrected chi connectivity index (χ3v) is 7.46. The number of anilines is 1. The molecular formula is C19H24N2O5S. The van der Waals surface area contributed by atoms with Gasteiger partial charge < -0.3 is 20.9 Å². The first-order chi connectivity index (χ1) is 12.9. The summed E-state index contributed by atoms with van der Waals surface area (Å²) in [6.07, 6.45) is 4.35. The molecule has 2 bridgehead atoms. The van der Waals surface area contributed by atoms with Crippen molar-refractivity contribution in [2.45, 2.75) is 57.7 Å². The molecule has 1 aromatic heterocycles. The average molecular weight is 392 g/mol. The molecule has 7 nitrogen and oxygen atoms in total. The molecule has 0 unspecified atom stereocenters. The SMILES string of the molecule is CC[C@@H]1CCc2c(sc(NC(=O)[C@H]3[C@@H](C(=O)O)[C@H]4CC[C@H]3O4)c2C(N)=O)C1. The molecule has 2 fully saturated rings. The highest BCUT2D eigenvalue weighted by molar-refractivity contribution is 7.17. The lowest BCUT2D eigenvalue weighted by Gasteiger charge is -2.23. The average Bonchev–Trinajstić information content (AvgIpc) is 3.32. The Hall–Kier alpha value is -1.93. The molecule has 146 valence electrons. The smallest absolute Gasteiger partial charge is 0.310 e. The molecule has 5 atom stereocenters. The lowest BCUT2D eigenvalue weighted by Crippen LogP contribution is -2.41. The second-order valence-electron chi connectivity index (χ2n) is 7.76. The molecular weight excluding hydrogens is 368 g/mol. The highest BCUT2D eigenvalue weighted by Gasteiger charge is 2.55. The van der Waals surface area contributed by atoms with Gasteiger partial charge in [0.2, 0.25) is 5.91 Å². The molecule has 3 heterocycles. The molecule has 0 spiro atoms. The van der Waals surface area contributed by atoms with Crippen molar-refractivity contribution in [2.75, 3.05) is 5.32 Å². The molecule has 4 N–H and O–H groups in total. The standard InChI is InChI=1S/C19H24N2O5S/c1-2-8-3-4-9-12(7-8)27-18(13(9)16(20)22)21-17(23)14-10-5-6-11(26-10)15(14)19(24)25/h8,10-11,14-15H,2-7H2,1H3,(H2,20,22)(H,21,23)(H,24,25)/t8-,10-,11-,14-,15+/m1/s1. The van der Waals surface area contributed by atoms with Crippen LogP contribution in [0.1, 0.15) is 53.4 Å². The molecule has 8 heteroatoms. The van der Waals surface area contributed by atoms with Gasteiger partial charge in [-0.1, -0.05) is 13.3 Å². The number of primary amides is 1. The number of aliphatic carboxylic acids is 1. The summed E-state index contributed by atoms with van der Waals surface area (Å²) in [5.74, 6) is -2.92. The molecule has 4 rings (SSSR count). The molecule has 0 saturated carbocycles. The second-order valence-corrected chi connectivity index (χ2v) is 8.86. The number of carboxylic acids is 1. The second kappa shape index (κ2) is 6.91. The minimum absolute atomic E-state index is 0.368. The molecule has 0 radical (unpaired) electrons. The van der Waals surface area contributed by atoms with E-state index in [0.717, 1.165) is 36.1 Å². The van der Waals surface area contributed by atoms with Crippen LogP contribution in [0.2, 0.25) is 0 Å². The highest BCUT2D eigenvalue weighted by Crippen LogP contribution is 2.45. The zero-order valence-corrected chi connectivity index (χ0v) is 16.0. The summed E-state index contributed by atoms with van der Waals surface area (Å²) in [6.45, 7) is 2.15. The summed E-state index contributed by atoms with van der Waals surface area (Å²) < 4.78 is 5.68. The van der Waals surface area contributed by atoms with Crippen molar-refractivity contribution in [3.8, 4) is 0 Å². The van der Waals surface area contributed by atoms with Gasteiger partial charge in [0.05, 0.1) is 29.6 Å². The normalized spacial score (nSPS) is 31.5. The number of ether oxygens (including phenoxy) is 1. The van der Waals surface area contributed by atoms with Crippen molar-refractivity contribution < 1.29 is 24.2 Å². The first kappa shape index (κ1) is 18.4. The van der Waals surface area contributed by atoms with Gasteiger partial charge in [-0.25, -0.2) is 0 Å². The van der Waals surface area contributed by atoms with E-state index >= 15 is 0 Å². The number of carboxylic acid groups (broad SMARTS) is 1. The van der Waals surface area contributed by atoms with E-state index in [2.05, 4.69) is 12.2 Å². The third-order valence-electron chi connectivity index (χ3n) is 6.29. The fraction of sp³-hybridized carbons (Fsp3) is 0.632. The van der Waals surface area contributed by atoms with Gasteiger partial charge in [0.15, 0.2) is 0 Å². The van der Waals surface area contributed by atoms with Crippen molar-refractivity contribution in [1.29, 1.82) is 0 Å². The largest absolute Gasteiger partial charge is 0.481 e. The highest BCUT2D eigenvalue weighted by atomic mass is 32.1. The van der Waals surface area contributed by atoms with Crippen LogP contribution in [0, 0.1) is 17.8 Å². The molecule has 2 saturated heterocycles. The van der Waals surface area contributed by atoms with Crippen LogP contribution < -0.4 is 11.1 Å². The number of hydrogen-bond acceptors (Lipinski definition) is 5. The predicted octanol–water partition coefficient (Wildman–Crippen LogP) is 2.18. The molecule has 2 aliphatic heterocycles. The van der Waals surface area contributed by atoms with Crippen molar-refractivity contribution in [2.24, 2.45) is 23.5 Å². The number of carbonyl (C=O) groups is 3. The number of rotatable bonds is 5. The Kier molecular flexibility index (Phi) is 4.71. The van der Waals surface area contributed by atoms with Crippen LogP contribution in [0.15, 0.2) is 0 Å². The molecule has 3 aliphatic rings. The number of amides is 2. The minimum Gasteiger partial charge on any atom is -0.481 e.